The van der Waals surface area contributed by atoms with Crippen molar-refractivity contribution in [3.63, 3.8) is 0 Å². The molecule has 1 aromatic heterocycles. The van der Waals surface area contributed by atoms with E-state index in [0.717, 1.165) is 11.4 Å². The Labute approximate surface area is 145 Å². The van der Waals surface area contributed by atoms with E-state index in [4.69, 9.17) is 4.74 Å². The molecule has 0 fully saturated rings. The second-order valence-electron chi connectivity index (χ2n) is 5.19. The Morgan fingerprint density at radius 3 is 2.64 bits per heavy atom. The number of aromatic nitrogens is 3. The molecule has 0 saturated carbocycles. The molecule has 128 valence electrons. The number of rotatable bonds is 7. The lowest BCUT2D eigenvalue weighted by molar-refractivity contribution is 0.340. The summed E-state index contributed by atoms with van der Waals surface area (Å²) in [5.74, 6) is 1.39. The van der Waals surface area contributed by atoms with Crippen LogP contribution in [0, 0.1) is 5.82 Å². The van der Waals surface area contributed by atoms with Gasteiger partial charge in [-0.05, 0) is 37.3 Å². The molecule has 0 aliphatic carbocycles. The fourth-order valence-electron chi connectivity index (χ4n) is 2.20. The summed E-state index contributed by atoms with van der Waals surface area (Å²) in [5, 5.41) is 13.9. The van der Waals surface area contributed by atoms with Crippen LogP contribution in [0.25, 0.3) is 0 Å². The van der Waals surface area contributed by atoms with Crippen molar-refractivity contribution in [1.29, 1.82) is 0 Å². The number of nitrogens with zero attached hydrogens (tertiary/aromatic N) is 3. The van der Waals surface area contributed by atoms with E-state index in [2.05, 4.69) is 25.8 Å². The van der Waals surface area contributed by atoms with Crippen LogP contribution < -0.4 is 15.4 Å². The smallest absolute Gasteiger partial charge is 0.244 e. The molecule has 2 N–H and O–H groups in total. The highest BCUT2D eigenvalue weighted by Crippen LogP contribution is 2.19. The molecule has 0 saturated heterocycles. The molecule has 0 radical (unpaired) electrons. The predicted molar refractivity (Wildman–Crippen MR) is 94.4 cm³/mol. The highest BCUT2D eigenvalue weighted by atomic mass is 19.1. The molecule has 0 spiro atoms. The van der Waals surface area contributed by atoms with Crippen molar-refractivity contribution in [2.24, 2.45) is 0 Å². The number of hydrogen-bond acceptors (Lipinski definition) is 6. The highest BCUT2D eigenvalue weighted by Gasteiger charge is 2.04. The number of hydrogen-bond donors (Lipinski definition) is 2. The van der Waals surface area contributed by atoms with Crippen LogP contribution in [0.2, 0.25) is 0 Å². The van der Waals surface area contributed by atoms with Gasteiger partial charge in [0, 0.05) is 17.8 Å². The standard InChI is InChI=1S/C18H18FN5O/c1-2-25-15-9-7-14(8-10-15)22-17-12-21-24-18(23-17)20-11-13-5-3-4-6-16(13)19/h3-10,12H,2,11H2,1H3,(H2,20,22,23,24). The summed E-state index contributed by atoms with van der Waals surface area (Å²) in [5.41, 5.74) is 1.39. The molecule has 1 heterocycles. The summed E-state index contributed by atoms with van der Waals surface area (Å²) in [4.78, 5) is 4.32. The third kappa shape index (κ3) is 4.63. The molecule has 0 atom stereocenters. The minimum atomic E-state index is -0.272. The molecule has 3 aromatic rings. The van der Waals surface area contributed by atoms with Crippen molar-refractivity contribution in [2.45, 2.75) is 13.5 Å². The lowest BCUT2D eigenvalue weighted by Crippen LogP contribution is -2.07. The van der Waals surface area contributed by atoms with Crippen LogP contribution in [0.5, 0.6) is 5.75 Å². The van der Waals surface area contributed by atoms with Gasteiger partial charge in [-0.25, -0.2) is 4.39 Å². The summed E-state index contributed by atoms with van der Waals surface area (Å²) in [7, 11) is 0. The normalized spacial score (nSPS) is 10.3. The Balaban J connectivity index is 1.64. The SMILES string of the molecule is CCOc1ccc(Nc2cnnc(NCc3ccccc3F)n2)cc1. The van der Waals surface area contributed by atoms with Gasteiger partial charge in [0.1, 0.15) is 11.6 Å². The van der Waals surface area contributed by atoms with Gasteiger partial charge in [-0.1, -0.05) is 18.2 Å². The van der Waals surface area contributed by atoms with Gasteiger partial charge in [-0.3, -0.25) is 0 Å². The van der Waals surface area contributed by atoms with Gasteiger partial charge >= 0.3 is 0 Å². The molecule has 25 heavy (non-hydrogen) atoms. The average Bonchev–Trinajstić information content (AvgIpc) is 2.63. The zero-order valence-electron chi connectivity index (χ0n) is 13.7. The summed E-state index contributed by atoms with van der Waals surface area (Å²) in [6.07, 6.45) is 1.52. The van der Waals surface area contributed by atoms with Gasteiger partial charge < -0.3 is 15.4 Å². The molecule has 6 nitrogen and oxygen atoms in total. The van der Waals surface area contributed by atoms with E-state index >= 15 is 0 Å². The van der Waals surface area contributed by atoms with E-state index in [1.165, 1.54) is 12.3 Å². The van der Waals surface area contributed by atoms with Gasteiger partial charge in [0.2, 0.25) is 5.95 Å². The highest BCUT2D eigenvalue weighted by molar-refractivity contribution is 5.57. The Bertz CT molecular complexity index is 826. The van der Waals surface area contributed by atoms with E-state index in [9.17, 15) is 4.39 Å². The molecular formula is C18H18FN5O. The van der Waals surface area contributed by atoms with Crippen LogP contribution in [0.1, 0.15) is 12.5 Å². The van der Waals surface area contributed by atoms with Crippen LogP contribution in [0.4, 0.5) is 21.8 Å². The Kier molecular flexibility index (Phi) is 5.36. The first kappa shape index (κ1) is 16.6. The Hall–Kier alpha value is -3.22. The molecular weight excluding hydrogens is 321 g/mol. The van der Waals surface area contributed by atoms with E-state index in [-0.39, 0.29) is 12.4 Å². The first-order chi connectivity index (χ1) is 12.2. The molecule has 2 aromatic carbocycles. The first-order valence-corrected chi connectivity index (χ1v) is 7.91. The predicted octanol–water partition coefficient (Wildman–Crippen LogP) is 3.77. The molecule has 0 amide bonds. The molecule has 0 aliphatic rings. The third-order valence-corrected chi connectivity index (χ3v) is 3.39. The topological polar surface area (TPSA) is 72.0 Å². The maximum Gasteiger partial charge on any atom is 0.244 e. The monoisotopic (exact) mass is 339 g/mol. The fraction of sp³-hybridized carbons (Fsp3) is 0.167. The summed E-state index contributed by atoms with van der Waals surface area (Å²) in [6, 6.07) is 14.1. The van der Waals surface area contributed by atoms with Gasteiger partial charge in [-0.2, -0.15) is 10.1 Å². The Morgan fingerprint density at radius 1 is 1.08 bits per heavy atom. The fourth-order valence-corrected chi connectivity index (χ4v) is 2.20. The van der Waals surface area contributed by atoms with Crippen molar-refractivity contribution >= 4 is 17.5 Å². The molecule has 0 bridgehead atoms. The van der Waals surface area contributed by atoms with Gasteiger partial charge in [0.25, 0.3) is 0 Å². The van der Waals surface area contributed by atoms with Crippen LogP contribution >= 0.6 is 0 Å². The van der Waals surface area contributed by atoms with Gasteiger partial charge in [0.15, 0.2) is 5.82 Å². The zero-order chi connectivity index (χ0) is 17.5. The van der Waals surface area contributed by atoms with Crippen LogP contribution in [0.15, 0.2) is 54.7 Å². The lowest BCUT2D eigenvalue weighted by atomic mass is 10.2. The number of halogens is 1. The second-order valence-corrected chi connectivity index (χ2v) is 5.19. The molecule has 0 unspecified atom stereocenters. The summed E-state index contributed by atoms with van der Waals surface area (Å²) in [6.45, 7) is 2.84. The third-order valence-electron chi connectivity index (χ3n) is 3.39. The molecule has 0 aliphatic heterocycles. The minimum absolute atomic E-state index is 0.272. The largest absolute Gasteiger partial charge is 0.494 e. The molecule has 3 rings (SSSR count). The van der Waals surface area contributed by atoms with Crippen molar-refractivity contribution < 1.29 is 9.13 Å². The number of nitrogens with one attached hydrogen (secondary N) is 2. The van der Waals surface area contributed by atoms with Crippen molar-refractivity contribution in [3.05, 3.63) is 66.1 Å². The maximum absolute atomic E-state index is 13.6. The van der Waals surface area contributed by atoms with Gasteiger partial charge in [0.05, 0.1) is 12.8 Å². The second kappa shape index (κ2) is 8.05. The average molecular weight is 339 g/mol. The van der Waals surface area contributed by atoms with Crippen molar-refractivity contribution in [3.8, 4) is 5.75 Å². The van der Waals surface area contributed by atoms with E-state index in [1.807, 2.05) is 31.2 Å². The number of benzene rings is 2. The number of anilines is 3. The van der Waals surface area contributed by atoms with Crippen molar-refractivity contribution in [1.82, 2.24) is 15.2 Å². The van der Waals surface area contributed by atoms with E-state index in [0.29, 0.717) is 23.9 Å². The van der Waals surface area contributed by atoms with Crippen LogP contribution in [-0.4, -0.2) is 21.8 Å². The van der Waals surface area contributed by atoms with E-state index < -0.39 is 0 Å². The van der Waals surface area contributed by atoms with Crippen molar-refractivity contribution in [2.75, 3.05) is 17.2 Å². The minimum Gasteiger partial charge on any atom is -0.494 e. The quantitative estimate of drug-likeness (QED) is 0.683. The van der Waals surface area contributed by atoms with Crippen LogP contribution in [0.3, 0.4) is 0 Å². The van der Waals surface area contributed by atoms with Gasteiger partial charge in [-0.15, -0.1) is 5.10 Å². The lowest BCUT2D eigenvalue weighted by Gasteiger charge is -2.09. The first-order valence-electron chi connectivity index (χ1n) is 7.91. The number of ether oxygens (including phenoxy) is 1. The summed E-state index contributed by atoms with van der Waals surface area (Å²) >= 11 is 0. The Morgan fingerprint density at radius 2 is 1.88 bits per heavy atom. The maximum atomic E-state index is 13.6. The van der Waals surface area contributed by atoms with E-state index in [1.54, 1.807) is 18.2 Å². The zero-order valence-corrected chi connectivity index (χ0v) is 13.7. The van der Waals surface area contributed by atoms with Crippen LogP contribution in [-0.2, 0) is 6.54 Å². The summed E-state index contributed by atoms with van der Waals surface area (Å²) < 4.78 is 19.0. The molecule has 7 heteroatoms.